The molecule has 1 saturated heterocycles. The topological polar surface area (TPSA) is 15.3 Å². The Labute approximate surface area is 124 Å². The summed E-state index contributed by atoms with van der Waals surface area (Å²) in [5.41, 5.74) is 4.23. The van der Waals surface area contributed by atoms with Gasteiger partial charge in [0.2, 0.25) is 0 Å². The number of anilines is 1. The molecule has 1 aromatic carbocycles. The Morgan fingerprint density at radius 1 is 1.30 bits per heavy atom. The third-order valence-electron chi connectivity index (χ3n) is 4.42. The van der Waals surface area contributed by atoms with Crippen LogP contribution in [0.15, 0.2) is 18.2 Å². The fourth-order valence-corrected chi connectivity index (χ4v) is 3.24. The molecule has 2 atom stereocenters. The minimum Gasteiger partial charge on any atom is -0.369 e. The smallest absolute Gasteiger partial charge is 0.0398 e. The molecule has 2 rings (SSSR count). The van der Waals surface area contributed by atoms with Crippen molar-refractivity contribution in [1.29, 1.82) is 0 Å². The summed E-state index contributed by atoms with van der Waals surface area (Å²) in [5, 5.41) is 3.49. The van der Waals surface area contributed by atoms with Crippen molar-refractivity contribution in [3.8, 4) is 0 Å². The highest BCUT2D eigenvalue weighted by molar-refractivity contribution is 5.55. The number of nitrogens with zero attached hydrogens (tertiary/aromatic N) is 1. The molecular formula is C18H30N2. The molecular weight excluding hydrogens is 244 g/mol. The van der Waals surface area contributed by atoms with Crippen LogP contribution in [0.5, 0.6) is 0 Å². The van der Waals surface area contributed by atoms with Gasteiger partial charge in [0.25, 0.3) is 0 Å². The molecule has 1 N–H and O–H groups in total. The molecule has 2 unspecified atom stereocenters. The number of benzene rings is 1. The Kier molecular flexibility index (Phi) is 5.09. The van der Waals surface area contributed by atoms with Gasteiger partial charge in [0.15, 0.2) is 0 Å². The largest absolute Gasteiger partial charge is 0.369 e. The molecule has 112 valence electrons. The fourth-order valence-electron chi connectivity index (χ4n) is 3.24. The molecule has 2 heteroatoms. The van der Waals surface area contributed by atoms with E-state index in [0.717, 1.165) is 12.5 Å². The van der Waals surface area contributed by atoms with Crippen LogP contribution in [0, 0.1) is 12.8 Å². The van der Waals surface area contributed by atoms with Crippen LogP contribution in [0.2, 0.25) is 0 Å². The lowest BCUT2D eigenvalue weighted by atomic mass is 9.92. The number of piperidine rings is 1. The lowest BCUT2D eigenvalue weighted by molar-refractivity contribution is 0.377. The third kappa shape index (κ3) is 3.76. The van der Waals surface area contributed by atoms with Crippen molar-refractivity contribution >= 4 is 5.69 Å². The van der Waals surface area contributed by atoms with Gasteiger partial charge in [-0.15, -0.1) is 0 Å². The molecule has 1 aromatic rings. The first kappa shape index (κ1) is 15.4. The molecule has 1 fully saturated rings. The summed E-state index contributed by atoms with van der Waals surface area (Å²) in [5.74, 6) is 0.871. The second kappa shape index (κ2) is 6.62. The van der Waals surface area contributed by atoms with Crippen molar-refractivity contribution in [3.63, 3.8) is 0 Å². The third-order valence-corrected chi connectivity index (χ3v) is 4.42. The molecule has 20 heavy (non-hydrogen) atoms. The van der Waals surface area contributed by atoms with E-state index in [4.69, 9.17) is 0 Å². The average Bonchev–Trinajstić information content (AvgIpc) is 2.37. The van der Waals surface area contributed by atoms with Gasteiger partial charge in [0.05, 0.1) is 0 Å². The van der Waals surface area contributed by atoms with Crippen molar-refractivity contribution in [1.82, 2.24) is 5.32 Å². The van der Waals surface area contributed by atoms with Crippen LogP contribution >= 0.6 is 0 Å². The van der Waals surface area contributed by atoms with Gasteiger partial charge >= 0.3 is 0 Å². The van der Waals surface area contributed by atoms with Crippen LogP contribution in [0.4, 0.5) is 5.69 Å². The van der Waals surface area contributed by atoms with Gasteiger partial charge in [-0.25, -0.2) is 0 Å². The standard InChI is InChI=1S/C18H30N2/c1-13(2)19-12-17-6-7-18(15(4)11-17)20-9-8-14(3)10-16(20)5/h6-7,11,13-14,16,19H,8-10,12H2,1-5H3. The van der Waals surface area contributed by atoms with Crippen molar-refractivity contribution in [2.45, 2.75) is 66.1 Å². The molecule has 0 aliphatic carbocycles. The van der Waals surface area contributed by atoms with Gasteiger partial charge in [-0.05, 0) is 49.8 Å². The van der Waals surface area contributed by atoms with Gasteiger partial charge in [-0.3, -0.25) is 0 Å². The highest BCUT2D eigenvalue weighted by Crippen LogP contribution is 2.30. The zero-order valence-corrected chi connectivity index (χ0v) is 13.7. The predicted octanol–water partition coefficient (Wildman–Crippen LogP) is 4.12. The van der Waals surface area contributed by atoms with Crippen LogP contribution in [-0.2, 0) is 6.54 Å². The number of rotatable bonds is 4. The highest BCUT2D eigenvalue weighted by Gasteiger charge is 2.23. The molecule has 1 aliphatic rings. The van der Waals surface area contributed by atoms with Crippen LogP contribution in [-0.4, -0.2) is 18.6 Å². The van der Waals surface area contributed by atoms with Crippen molar-refractivity contribution < 1.29 is 0 Å². The summed E-state index contributed by atoms with van der Waals surface area (Å²) in [7, 11) is 0. The maximum Gasteiger partial charge on any atom is 0.0398 e. The van der Waals surface area contributed by atoms with Gasteiger partial charge < -0.3 is 10.2 Å². The average molecular weight is 274 g/mol. The Morgan fingerprint density at radius 3 is 2.65 bits per heavy atom. The first-order valence-corrected chi connectivity index (χ1v) is 8.07. The summed E-state index contributed by atoms with van der Waals surface area (Å²) in [6.07, 6.45) is 2.64. The Morgan fingerprint density at radius 2 is 2.05 bits per heavy atom. The van der Waals surface area contributed by atoms with Crippen LogP contribution in [0.25, 0.3) is 0 Å². The quantitative estimate of drug-likeness (QED) is 0.888. The van der Waals surface area contributed by atoms with Gasteiger partial charge in [-0.1, -0.05) is 32.9 Å². The normalized spacial score (nSPS) is 23.4. The van der Waals surface area contributed by atoms with E-state index in [2.05, 4.69) is 63.0 Å². The minimum atomic E-state index is 0.540. The molecule has 1 heterocycles. The van der Waals surface area contributed by atoms with Gasteiger partial charge in [0.1, 0.15) is 0 Å². The summed E-state index contributed by atoms with van der Waals surface area (Å²) in [4.78, 5) is 2.59. The number of hydrogen-bond acceptors (Lipinski definition) is 2. The zero-order chi connectivity index (χ0) is 14.7. The number of hydrogen-bond donors (Lipinski definition) is 1. The second-order valence-corrected chi connectivity index (χ2v) is 6.83. The first-order chi connectivity index (χ1) is 9.47. The first-order valence-electron chi connectivity index (χ1n) is 8.07. The second-order valence-electron chi connectivity index (χ2n) is 6.83. The summed E-state index contributed by atoms with van der Waals surface area (Å²) < 4.78 is 0. The molecule has 0 bridgehead atoms. The predicted molar refractivity (Wildman–Crippen MR) is 88.4 cm³/mol. The van der Waals surface area contributed by atoms with Crippen molar-refractivity contribution in [3.05, 3.63) is 29.3 Å². The molecule has 1 aliphatic heterocycles. The van der Waals surface area contributed by atoms with Gasteiger partial charge in [-0.2, -0.15) is 0 Å². The summed E-state index contributed by atoms with van der Waals surface area (Å²) >= 11 is 0. The van der Waals surface area contributed by atoms with E-state index in [1.807, 2.05) is 0 Å². The lowest BCUT2D eigenvalue weighted by Gasteiger charge is -2.39. The Bertz CT molecular complexity index is 439. The molecule has 0 amide bonds. The lowest BCUT2D eigenvalue weighted by Crippen LogP contribution is -2.40. The zero-order valence-electron chi connectivity index (χ0n) is 13.7. The van der Waals surface area contributed by atoms with Crippen molar-refractivity contribution in [2.75, 3.05) is 11.4 Å². The number of aryl methyl sites for hydroxylation is 1. The van der Waals surface area contributed by atoms with E-state index in [-0.39, 0.29) is 0 Å². The minimum absolute atomic E-state index is 0.540. The van der Waals surface area contributed by atoms with Crippen LogP contribution < -0.4 is 10.2 Å². The highest BCUT2D eigenvalue weighted by atomic mass is 15.2. The molecule has 0 saturated carbocycles. The van der Waals surface area contributed by atoms with E-state index in [1.54, 1.807) is 0 Å². The molecule has 0 spiro atoms. The molecule has 0 radical (unpaired) electrons. The van der Waals surface area contributed by atoms with E-state index in [1.165, 1.54) is 36.2 Å². The van der Waals surface area contributed by atoms with E-state index >= 15 is 0 Å². The maximum absolute atomic E-state index is 3.49. The van der Waals surface area contributed by atoms with Crippen molar-refractivity contribution in [2.24, 2.45) is 5.92 Å². The van der Waals surface area contributed by atoms with E-state index in [9.17, 15) is 0 Å². The van der Waals surface area contributed by atoms with E-state index < -0.39 is 0 Å². The summed E-state index contributed by atoms with van der Waals surface area (Å²) in [6, 6.07) is 8.15. The van der Waals surface area contributed by atoms with E-state index in [0.29, 0.717) is 12.1 Å². The molecule has 2 nitrogen and oxygen atoms in total. The van der Waals surface area contributed by atoms with Crippen LogP contribution in [0.3, 0.4) is 0 Å². The van der Waals surface area contributed by atoms with Gasteiger partial charge in [0, 0.05) is 30.9 Å². The van der Waals surface area contributed by atoms with Crippen LogP contribution in [0.1, 0.15) is 51.7 Å². The monoisotopic (exact) mass is 274 g/mol. The number of nitrogens with one attached hydrogen (secondary N) is 1. The maximum atomic E-state index is 3.49. The SMILES string of the molecule is Cc1cc(CNC(C)C)ccc1N1CCC(C)CC1C. The Balaban J connectivity index is 2.09. The fraction of sp³-hybridized carbons (Fsp3) is 0.667. The molecule has 0 aromatic heterocycles. The Hall–Kier alpha value is -1.02. The summed E-state index contributed by atoms with van der Waals surface area (Å²) in [6.45, 7) is 13.5.